The van der Waals surface area contributed by atoms with Gasteiger partial charge in [0, 0.05) is 30.2 Å². The number of nitro benzene ring substituents is 1. The molecular weight excluding hydrogens is 308 g/mol. The van der Waals surface area contributed by atoms with Gasteiger partial charge < -0.3 is 9.72 Å². The number of pyridine rings is 1. The van der Waals surface area contributed by atoms with Gasteiger partial charge in [-0.15, -0.1) is 0 Å². The molecule has 0 aliphatic rings. The van der Waals surface area contributed by atoms with Gasteiger partial charge in [-0.3, -0.25) is 14.9 Å². The monoisotopic (exact) mass is 324 g/mol. The van der Waals surface area contributed by atoms with E-state index >= 15 is 0 Å². The van der Waals surface area contributed by atoms with Gasteiger partial charge in [0.1, 0.15) is 11.3 Å². The second-order valence-electron chi connectivity index (χ2n) is 5.80. The highest BCUT2D eigenvalue weighted by atomic mass is 16.6. The van der Waals surface area contributed by atoms with Crippen molar-refractivity contribution >= 4 is 22.9 Å². The Balaban J connectivity index is 1.91. The zero-order valence-electron chi connectivity index (χ0n) is 13.5. The van der Waals surface area contributed by atoms with Gasteiger partial charge in [-0.1, -0.05) is 0 Å². The van der Waals surface area contributed by atoms with Crippen molar-refractivity contribution in [2.75, 3.05) is 5.32 Å². The van der Waals surface area contributed by atoms with Crippen molar-refractivity contribution in [2.45, 2.75) is 20.8 Å². The quantitative estimate of drug-likeness (QED) is 0.590. The van der Waals surface area contributed by atoms with E-state index in [1.165, 1.54) is 12.1 Å². The first-order chi connectivity index (χ1) is 11.3. The van der Waals surface area contributed by atoms with Crippen molar-refractivity contribution < 1.29 is 9.72 Å². The molecule has 0 bridgehead atoms. The van der Waals surface area contributed by atoms with Gasteiger partial charge >= 0.3 is 0 Å². The molecule has 1 N–H and O–H groups in total. The maximum absolute atomic E-state index is 12.4. The second kappa shape index (κ2) is 5.77. The number of carbonyl (C=O) groups excluding carboxylic acids is 1. The number of non-ortho nitro benzene ring substituents is 1. The second-order valence-corrected chi connectivity index (χ2v) is 5.80. The van der Waals surface area contributed by atoms with E-state index < -0.39 is 10.8 Å². The third-order valence-electron chi connectivity index (χ3n) is 3.82. The summed E-state index contributed by atoms with van der Waals surface area (Å²) in [6, 6.07) is 6.36. The third kappa shape index (κ3) is 2.96. The van der Waals surface area contributed by atoms with Crippen molar-refractivity contribution in [3.63, 3.8) is 0 Å². The van der Waals surface area contributed by atoms with E-state index in [-0.39, 0.29) is 11.4 Å². The number of rotatable bonds is 3. The number of aromatic nitrogens is 2. The standard InChI is InChI=1S/C17H16N4O3/c1-10-4-13(7-14(5-10)21(23)24)18-17(22)15-9-20-8-12(3)11(2)6-16(20)19-15/h4-9H,1-3H3,(H,18,22). The number of nitrogens with one attached hydrogen (secondary N) is 1. The highest BCUT2D eigenvalue weighted by molar-refractivity contribution is 6.03. The Morgan fingerprint density at radius 2 is 1.88 bits per heavy atom. The molecule has 0 aliphatic carbocycles. The van der Waals surface area contributed by atoms with E-state index in [1.807, 2.05) is 26.1 Å². The molecule has 3 rings (SSSR count). The third-order valence-corrected chi connectivity index (χ3v) is 3.82. The molecule has 24 heavy (non-hydrogen) atoms. The molecule has 0 fully saturated rings. The average Bonchev–Trinajstić information content (AvgIpc) is 2.90. The zero-order valence-corrected chi connectivity index (χ0v) is 13.5. The van der Waals surface area contributed by atoms with Crippen LogP contribution in [-0.2, 0) is 0 Å². The van der Waals surface area contributed by atoms with Crippen LogP contribution in [-0.4, -0.2) is 20.2 Å². The van der Waals surface area contributed by atoms with Gasteiger partial charge in [0.15, 0.2) is 0 Å². The molecule has 7 nitrogen and oxygen atoms in total. The smallest absolute Gasteiger partial charge is 0.275 e. The van der Waals surface area contributed by atoms with Crippen LogP contribution in [0.1, 0.15) is 27.2 Å². The zero-order chi connectivity index (χ0) is 17.4. The highest BCUT2D eigenvalue weighted by Gasteiger charge is 2.14. The number of anilines is 1. The number of fused-ring (bicyclic) bond motifs is 1. The number of nitrogens with zero attached hydrogens (tertiary/aromatic N) is 3. The number of hydrogen-bond donors (Lipinski definition) is 1. The fraction of sp³-hybridized carbons (Fsp3) is 0.176. The summed E-state index contributed by atoms with van der Waals surface area (Å²) in [5.74, 6) is -0.408. The number of aryl methyl sites for hydroxylation is 3. The van der Waals surface area contributed by atoms with Crippen molar-refractivity contribution in [1.29, 1.82) is 0 Å². The summed E-state index contributed by atoms with van der Waals surface area (Å²) in [6.07, 6.45) is 3.55. The van der Waals surface area contributed by atoms with Crippen LogP contribution in [0.4, 0.5) is 11.4 Å². The van der Waals surface area contributed by atoms with E-state index in [0.29, 0.717) is 16.9 Å². The Morgan fingerprint density at radius 3 is 2.58 bits per heavy atom. The predicted molar refractivity (Wildman–Crippen MR) is 90.5 cm³/mol. The van der Waals surface area contributed by atoms with Gasteiger partial charge in [-0.05, 0) is 49.6 Å². The van der Waals surface area contributed by atoms with Crippen LogP contribution in [0.5, 0.6) is 0 Å². The first kappa shape index (κ1) is 15.7. The highest BCUT2D eigenvalue weighted by Crippen LogP contribution is 2.21. The fourth-order valence-electron chi connectivity index (χ4n) is 2.48. The van der Waals surface area contributed by atoms with E-state index in [1.54, 1.807) is 23.6 Å². The van der Waals surface area contributed by atoms with Crippen molar-refractivity contribution in [2.24, 2.45) is 0 Å². The molecule has 0 aliphatic heterocycles. The molecule has 0 saturated carbocycles. The molecule has 1 aromatic carbocycles. The van der Waals surface area contributed by atoms with Gasteiger partial charge in [-0.25, -0.2) is 4.98 Å². The van der Waals surface area contributed by atoms with E-state index in [2.05, 4.69) is 10.3 Å². The van der Waals surface area contributed by atoms with Crippen LogP contribution in [0, 0.1) is 30.9 Å². The van der Waals surface area contributed by atoms with E-state index in [9.17, 15) is 14.9 Å². The van der Waals surface area contributed by atoms with E-state index in [0.717, 1.165) is 11.1 Å². The summed E-state index contributed by atoms with van der Waals surface area (Å²) in [5.41, 5.74) is 4.13. The minimum atomic E-state index is -0.487. The number of amides is 1. The van der Waals surface area contributed by atoms with E-state index in [4.69, 9.17) is 0 Å². The average molecular weight is 324 g/mol. The fourth-order valence-corrected chi connectivity index (χ4v) is 2.48. The summed E-state index contributed by atoms with van der Waals surface area (Å²) >= 11 is 0. The first-order valence-electron chi connectivity index (χ1n) is 7.37. The Kier molecular flexibility index (Phi) is 3.76. The minimum absolute atomic E-state index is 0.0634. The maximum Gasteiger partial charge on any atom is 0.275 e. The maximum atomic E-state index is 12.4. The summed E-state index contributed by atoms with van der Waals surface area (Å²) in [6.45, 7) is 5.70. The lowest BCUT2D eigenvalue weighted by atomic mass is 10.2. The van der Waals surface area contributed by atoms with Crippen molar-refractivity contribution in [3.8, 4) is 0 Å². The van der Waals surface area contributed by atoms with Crippen LogP contribution in [0.25, 0.3) is 5.65 Å². The molecule has 7 heteroatoms. The number of carbonyl (C=O) groups is 1. The molecule has 1 amide bonds. The summed E-state index contributed by atoms with van der Waals surface area (Å²) in [5, 5.41) is 13.6. The lowest BCUT2D eigenvalue weighted by Crippen LogP contribution is -2.12. The molecule has 122 valence electrons. The number of imidazole rings is 1. The first-order valence-corrected chi connectivity index (χ1v) is 7.37. The molecule has 3 aromatic rings. The summed E-state index contributed by atoms with van der Waals surface area (Å²) < 4.78 is 1.79. The Morgan fingerprint density at radius 1 is 1.12 bits per heavy atom. The molecule has 0 atom stereocenters. The van der Waals surface area contributed by atoms with Crippen molar-refractivity contribution in [3.05, 3.63) is 69.2 Å². The lowest BCUT2D eigenvalue weighted by Gasteiger charge is -2.04. The molecular formula is C17H16N4O3. The van der Waals surface area contributed by atoms with Crippen LogP contribution in [0.2, 0.25) is 0 Å². The predicted octanol–water partition coefficient (Wildman–Crippen LogP) is 3.42. The SMILES string of the molecule is Cc1cc(NC(=O)c2cn3cc(C)c(C)cc3n2)cc([N+](=O)[O-])c1. The van der Waals surface area contributed by atoms with Gasteiger partial charge in [0.2, 0.25) is 0 Å². The van der Waals surface area contributed by atoms with Gasteiger partial charge in [0.05, 0.1) is 4.92 Å². The summed E-state index contributed by atoms with van der Waals surface area (Å²) in [7, 11) is 0. The Bertz CT molecular complexity index is 936. The van der Waals surface area contributed by atoms with Crippen LogP contribution >= 0.6 is 0 Å². The van der Waals surface area contributed by atoms with Gasteiger partial charge in [-0.2, -0.15) is 0 Å². The van der Waals surface area contributed by atoms with Crippen LogP contribution in [0.15, 0.2) is 36.7 Å². The summed E-state index contributed by atoms with van der Waals surface area (Å²) in [4.78, 5) is 27.1. The molecule has 0 unspecified atom stereocenters. The molecule has 2 aromatic heterocycles. The molecule has 0 spiro atoms. The molecule has 2 heterocycles. The number of benzene rings is 1. The van der Waals surface area contributed by atoms with Gasteiger partial charge in [0.25, 0.3) is 11.6 Å². The largest absolute Gasteiger partial charge is 0.320 e. The molecule has 0 radical (unpaired) electrons. The topological polar surface area (TPSA) is 89.5 Å². The van der Waals surface area contributed by atoms with Crippen LogP contribution < -0.4 is 5.32 Å². The van der Waals surface area contributed by atoms with Crippen molar-refractivity contribution in [1.82, 2.24) is 9.38 Å². The lowest BCUT2D eigenvalue weighted by molar-refractivity contribution is -0.384. The minimum Gasteiger partial charge on any atom is -0.320 e. The Hall–Kier alpha value is -3.22. The number of nitro groups is 1. The number of hydrogen-bond acceptors (Lipinski definition) is 4. The molecule has 0 saturated heterocycles. The normalized spacial score (nSPS) is 10.8. The van der Waals surface area contributed by atoms with Crippen LogP contribution in [0.3, 0.4) is 0 Å². The Labute approximate surface area is 138 Å².